The van der Waals surface area contributed by atoms with Gasteiger partial charge in [-0.3, -0.25) is 10.1 Å². The van der Waals surface area contributed by atoms with Crippen LogP contribution in [-0.2, 0) is 0 Å². The first-order chi connectivity index (χ1) is 9.11. The van der Waals surface area contributed by atoms with Crippen LogP contribution in [0.2, 0.25) is 0 Å². The van der Waals surface area contributed by atoms with Crippen LogP contribution in [0.15, 0.2) is 18.2 Å². The summed E-state index contributed by atoms with van der Waals surface area (Å²) in [4.78, 5) is 10.3. The van der Waals surface area contributed by atoms with Crippen molar-refractivity contribution in [2.45, 2.75) is 45.1 Å². The minimum Gasteiger partial charge on any atom is -0.393 e. The Kier molecular flexibility index (Phi) is 4.24. The second-order valence-corrected chi connectivity index (χ2v) is 5.23. The van der Waals surface area contributed by atoms with E-state index in [-0.39, 0.29) is 11.4 Å². The Hall–Kier alpha value is -1.78. The van der Waals surface area contributed by atoms with Crippen LogP contribution in [0.1, 0.15) is 39.0 Å². The molecular weight excluding hydrogens is 242 g/mol. The van der Waals surface area contributed by atoms with E-state index >= 15 is 0 Å². The molecule has 0 radical (unpaired) electrons. The molecule has 1 aliphatic rings. The van der Waals surface area contributed by atoms with Gasteiger partial charge in [0.15, 0.2) is 0 Å². The number of nitro benzene ring substituents is 1. The monoisotopic (exact) mass is 263 g/mol. The smallest absolute Gasteiger partial charge is 0.292 e. The topological polar surface area (TPSA) is 81.2 Å². The molecule has 1 fully saturated rings. The van der Waals surface area contributed by atoms with E-state index in [1.807, 2.05) is 0 Å². The summed E-state index contributed by atoms with van der Waals surface area (Å²) in [6.45, 7) is 2.22. The van der Waals surface area contributed by atoms with Gasteiger partial charge in [-0.1, -0.05) is 26.2 Å². The van der Waals surface area contributed by atoms with Gasteiger partial charge in [-0.15, -0.1) is 0 Å². The van der Waals surface area contributed by atoms with E-state index in [1.54, 1.807) is 12.1 Å². The molecule has 2 atom stereocenters. The van der Waals surface area contributed by atoms with Crippen LogP contribution in [0.5, 0.6) is 0 Å². The Morgan fingerprint density at radius 1 is 1.42 bits per heavy atom. The lowest BCUT2D eigenvalue weighted by Crippen LogP contribution is -2.31. The molecule has 0 amide bonds. The molecule has 0 aliphatic heterocycles. The van der Waals surface area contributed by atoms with Crippen LogP contribution in [0.4, 0.5) is 17.1 Å². The number of nitrogens with two attached hydrogens (primary N) is 1. The van der Waals surface area contributed by atoms with Crippen molar-refractivity contribution in [1.82, 2.24) is 0 Å². The zero-order chi connectivity index (χ0) is 13.8. The summed E-state index contributed by atoms with van der Waals surface area (Å²) in [6.07, 6.45) is 6.14. The zero-order valence-electron chi connectivity index (χ0n) is 11.3. The first-order valence-corrected chi connectivity index (χ1v) is 6.92. The second-order valence-electron chi connectivity index (χ2n) is 5.23. The molecule has 5 heteroatoms. The fourth-order valence-electron chi connectivity index (χ4n) is 2.91. The number of hydrogen-bond donors (Lipinski definition) is 2. The number of rotatable bonds is 4. The fourth-order valence-corrected chi connectivity index (χ4v) is 2.91. The summed E-state index contributed by atoms with van der Waals surface area (Å²) < 4.78 is 0. The largest absolute Gasteiger partial charge is 0.393 e. The van der Waals surface area contributed by atoms with Crippen molar-refractivity contribution in [3.05, 3.63) is 28.3 Å². The Bertz CT molecular complexity index is 462. The third-order valence-corrected chi connectivity index (χ3v) is 4.01. The predicted octanol–water partition coefficient (Wildman–Crippen LogP) is 3.56. The van der Waals surface area contributed by atoms with E-state index in [4.69, 9.17) is 5.73 Å². The molecule has 19 heavy (non-hydrogen) atoms. The highest BCUT2D eigenvalue weighted by Crippen LogP contribution is 2.31. The standard InChI is InChI=1S/C14H21N3O2/c1-2-10-5-3-4-6-13(10)16-11-7-8-14(17(18)19)12(15)9-11/h7-10,13,16H,2-6,15H2,1H3. The van der Waals surface area contributed by atoms with Gasteiger partial charge in [0.05, 0.1) is 4.92 Å². The highest BCUT2D eigenvalue weighted by atomic mass is 16.6. The van der Waals surface area contributed by atoms with Gasteiger partial charge in [0.2, 0.25) is 0 Å². The molecule has 5 nitrogen and oxygen atoms in total. The third kappa shape index (κ3) is 3.16. The molecule has 0 saturated heterocycles. The maximum atomic E-state index is 10.7. The molecule has 0 heterocycles. The molecule has 0 spiro atoms. The van der Waals surface area contributed by atoms with Crippen LogP contribution in [0.25, 0.3) is 0 Å². The minimum atomic E-state index is -0.450. The van der Waals surface area contributed by atoms with Gasteiger partial charge in [-0.25, -0.2) is 0 Å². The third-order valence-electron chi connectivity index (χ3n) is 4.01. The molecule has 1 aromatic rings. The fraction of sp³-hybridized carbons (Fsp3) is 0.571. The molecule has 104 valence electrons. The first-order valence-electron chi connectivity index (χ1n) is 6.92. The van der Waals surface area contributed by atoms with Crippen LogP contribution in [0.3, 0.4) is 0 Å². The molecule has 1 saturated carbocycles. The lowest BCUT2D eigenvalue weighted by atomic mass is 9.83. The van der Waals surface area contributed by atoms with Crippen LogP contribution >= 0.6 is 0 Å². The highest BCUT2D eigenvalue weighted by molar-refractivity contribution is 5.66. The molecule has 3 N–H and O–H groups in total. The van der Waals surface area contributed by atoms with Gasteiger partial charge < -0.3 is 11.1 Å². The van der Waals surface area contributed by atoms with Crippen LogP contribution in [0, 0.1) is 16.0 Å². The second kappa shape index (κ2) is 5.91. The van der Waals surface area contributed by atoms with Crippen LogP contribution < -0.4 is 11.1 Å². The number of anilines is 2. The highest BCUT2D eigenvalue weighted by Gasteiger charge is 2.23. The molecular formula is C14H21N3O2. The lowest BCUT2D eigenvalue weighted by Gasteiger charge is -2.32. The van der Waals surface area contributed by atoms with Crippen molar-refractivity contribution in [2.75, 3.05) is 11.1 Å². The average Bonchev–Trinajstić information content (AvgIpc) is 2.39. The summed E-state index contributed by atoms with van der Waals surface area (Å²) in [5.41, 5.74) is 6.79. The number of nitrogens with zero attached hydrogens (tertiary/aromatic N) is 1. The van der Waals surface area contributed by atoms with Crippen molar-refractivity contribution in [1.29, 1.82) is 0 Å². The van der Waals surface area contributed by atoms with Gasteiger partial charge in [-0.2, -0.15) is 0 Å². The maximum absolute atomic E-state index is 10.7. The summed E-state index contributed by atoms with van der Waals surface area (Å²) in [7, 11) is 0. The van der Waals surface area contributed by atoms with Crippen molar-refractivity contribution in [3.8, 4) is 0 Å². The van der Waals surface area contributed by atoms with Crippen molar-refractivity contribution in [2.24, 2.45) is 5.92 Å². The molecule has 1 aromatic carbocycles. The number of nitro groups is 1. The first kappa shape index (κ1) is 13.6. The van der Waals surface area contributed by atoms with E-state index < -0.39 is 4.92 Å². The lowest BCUT2D eigenvalue weighted by molar-refractivity contribution is -0.383. The Balaban J connectivity index is 2.10. The minimum absolute atomic E-state index is 0.0266. The van der Waals surface area contributed by atoms with Gasteiger partial charge in [0.25, 0.3) is 5.69 Å². The normalized spacial score (nSPS) is 23.0. The average molecular weight is 263 g/mol. The molecule has 1 aliphatic carbocycles. The van der Waals surface area contributed by atoms with Crippen LogP contribution in [-0.4, -0.2) is 11.0 Å². The number of nitrogens with one attached hydrogen (secondary N) is 1. The van der Waals surface area contributed by atoms with Crippen molar-refractivity contribution < 1.29 is 4.92 Å². The van der Waals surface area contributed by atoms with E-state index in [2.05, 4.69) is 12.2 Å². The SMILES string of the molecule is CCC1CCCCC1Nc1ccc([N+](=O)[O-])c(N)c1. The summed E-state index contributed by atoms with van der Waals surface area (Å²) in [5, 5.41) is 14.2. The Labute approximate surface area is 113 Å². The van der Waals surface area contributed by atoms with E-state index in [9.17, 15) is 10.1 Å². The summed E-state index contributed by atoms with van der Waals surface area (Å²) >= 11 is 0. The van der Waals surface area contributed by atoms with Gasteiger partial charge in [0.1, 0.15) is 5.69 Å². The van der Waals surface area contributed by atoms with Gasteiger partial charge >= 0.3 is 0 Å². The van der Waals surface area contributed by atoms with Gasteiger partial charge in [0, 0.05) is 17.8 Å². The quantitative estimate of drug-likeness (QED) is 0.494. The number of nitrogen functional groups attached to an aromatic ring is 1. The summed E-state index contributed by atoms with van der Waals surface area (Å²) in [6, 6.07) is 5.34. The molecule has 2 unspecified atom stereocenters. The predicted molar refractivity (Wildman–Crippen MR) is 77.2 cm³/mol. The van der Waals surface area contributed by atoms with Gasteiger partial charge in [-0.05, 0) is 30.9 Å². The zero-order valence-corrected chi connectivity index (χ0v) is 11.3. The molecule has 0 bridgehead atoms. The Morgan fingerprint density at radius 2 is 2.16 bits per heavy atom. The Morgan fingerprint density at radius 3 is 2.79 bits per heavy atom. The molecule has 2 rings (SSSR count). The maximum Gasteiger partial charge on any atom is 0.292 e. The van der Waals surface area contributed by atoms with E-state index in [1.165, 1.54) is 31.7 Å². The van der Waals surface area contributed by atoms with Crippen molar-refractivity contribution in [3.63, 3.8) is 0 Å². The van der Waals surface area contributed by atoms with Crippen molar-refractivity contribution >= 4 is 17.1 Å². The number of hydrogen-bond acceptors (Lipinski definition) is 4. The van der Waals surface area contributed by atoms with E-state index in [0.29, 0.717) is 12.0 Å². The molecule has 0 aromatic heterocycles. The summed E-state index contributed by atoms with van der Waals surface area (Å²) in [5.74, 6) is 0.685. The van der Waals surface area contributed by atoms with E-state index in [0.717, 1.165) is 12.1 Å². The number of benzene rings is 1.